The zero-order valence-electron chi connectivity index (χ0n) is 12.2. The first kappa shape index (κ1) is 15.5. The van der Waals surface area contributed by atoms with Crippen LogP contribution in [0.4, 0.5) is 5.69 Å². The minimum absolute atomic E-state index is 0.00186. The molecule has 0 aliphatic heterocycles. The molecule has 0 unspecified atom stereocenters. The average Bonchev–Trinajstić information content (AvgIpc) is 2.48. The Hall–Kier alpha value is -1.84. The fourth-order valence-electron chi connectivity index (χ4n) is 2.18. The van der Waals surface area contributed by atoms with Gasteiger partial charge in [0, 0.05) is 16.3 Å². The molecule has 0 saturated carbocycles. The van der Waals surface area contributed by atoms with E-state index < -0.39 is 0 Å². The van der Waals surface area contributed by atoms with Crippen LogP contribution in [-0.4, -0.2) is 11.9 Å². The zero-order valence-corrected chi connectivity index (χ0v) is 13.0. The Labute approximate surface area is 130 Å². The first-order valence-electron chi connectivity index (χ1n) is 7.02. The second-order valence-corrected chi connectivity index (χ2v) is 5.61. The Morgan fingerprint density at radius 2 is 1.67 bits per heavy atom. The van der Waals surface area contributed by atoms with Crippen LogP contribution in [0.3, 0.4) is 0 Å². The van der Waals surface area contributed by atoms with Crippen LogP contribution in [-0.2, 0) is 4.79 Å². The maximum absolute atomic E-state index is 12.2. The van der Waals surface area contributed by atoms with Gasteiger partial charge in [0.25, 0.3) is 5.91 Å². The zero-order chi connectivity index (χ0) is 15.2. The van der Waals surface area contributed by atoms with Gasteiger partial charge in [-0.1, -0.05) is 41.9 Å². The number of carbonyl (C=O) groups is 1. The lowest BCUT2D eigenvalue weighted by molar-refractivity contribution is -0.709. The molecule has 0 fully saturated rings. The molecule has 2 atom stereocenters. The van der Waals surface area contributed by atoms with Crippen molar-refractivity contribution in [2.45, 2.75) is 25.9 Å². The van der Waals surface area contributed by atoms with E-state index in [1.165, 1.54) is 0 Å². The van der Waals surface area contributed by atoms with Crippen molar-refractivity contribution in [1.29, 1.82) is 0 Å². The van der Waals surface area contributed by atoms with E-state index in [9.17, 15) is 4.79 Å². The molecule has 0 spiro atoms. The number of anilines is 1. The number of nitrogens with one attached hydrogen (secondary N) is 1. The lowest BCUT2D eigenvalue weighted by Gasteiger charge is -2.17. The van der Waals surface area contributed by atoms with Gasteiger partial charge in [-0.3, -0.25) is 4.79 Å². The number of carbonyl (C=O) groups excluding carboxylic acids is 1. The van der Waals surface area contributed by atoms with Gasteiger partial charge in [-0.05, 0) is 38.1 Å². The number of hydrogen-bond acceptors (Lipinski definition) is 1. The number of rotatable bonds is 5. The van der Waals surface area contributed by atoms with E-state index >= 15 is 0 Å². The fraction of sp³-hybridized carbons (Fsp3) is 0.235. The molecule has 0 saturated heterocycles. The number of hydrogen-bond donors (Lipinski definition) is 2. The van der Waals surface area contributed by atoms with E-state index in [-0.39, 0.29) is 18.0 Å². The Morgan fingerprint density at radius 1 is 1.05 bits per heavy atom. The molecule has 0 heterocycles. The Bertz CT molecular complexity index is 583. The average molecular weight is 304 g/mol. The van der Waals surface area contributed by atoms with Crippen LogP contribution in [0.25, 0.3) is 0 Å². The van der Waals surface area contributed by atoms with Gasteiger partial charge in [0.15, 0.2) is 6.04 Å². The van der Waals surface area contributed by atoms with Crippen LogP contribution in [0.1, 0.15) is 25.5 Å². The van der Waals surface area contributed by atoms with Crippen molar-refractivity contribution < 1.29 is 10.1 Å². The van der Waals surface area contributed by atoms with Crippen molar-refractivity contribution in [1.82, 2.24) is 0 Å². The molecule has 2 aromatic carbocycles. The highest BCUT2D eigenvalue weighted by Gasteiger charge is 2.20. The number of benzene rings is 2. The lowest BCUT2D eigenvalue weighted by atomic mass is 10.1. The largest absolute Gasteiger partial charge is 0.330 e. The van der Waals surface area contributed by atoms with Gasteiger partial charge in [-0.25, -0.2) is 0 Å². The minimum Gasteiger partial charge on any atom is -0.330 e. The molecule has 3 N–H and O–H groups in total. The molecule has 0 aromatic heterocycles. The number of para-hydroxylation sites is 1. The normalized spacial score (nSPS) is 13.5. The van der Waals surface area contributed by atoms with Crippen LogP contribution in [0.5, 0.6) is 0 Å². The summed E-state index contributed by atoms with van der Waals surface area (Å²) in [5, 5.41) is 5.68. The molecule has 2 rings (SSSR count). The third-order valence-corrected chi connectivity index (χ3v) is 3.68. The second-order valence-electron chi connectivity index (χ2n) is 5.18. The minimum atomic E-state index is -0.170. The highest BCUT2D eigenvalue weighted by molar-refractivity contribution is 6.30. The van der Waals surface area contributed by atoms with Crippen LogP contribution >= 0.6 is 11.6 Å². The predicted molar refractivity (Wildman–Crippen MR) is 86.3 cm³/mol. The molecule has 0 radical (unpaired) electrons. The molecule has 3 nitrogen and oxygen atoms in total. The van der Waals surface area contributed by atoms with Gasteiger partial charge in [0.2, 0.25) is 0 Å². The van der Waals surface area contributed by atoms with E-state index in [2.05, 4.69) is 12.2 Å². The Kier molecular flexibility index (Phi) is 5.37. The quantitative estimate of drug-likeness (QED) is 0.876. The van der Waals surface area contributed by atoms with E-state index in [4.69, 9.17) is 11.6 Å². The summed E-state index contributed by atoms with van der Waals surface area (Å²) in [6.45, 7) is 3.99. The van der Waals surface area contributed by atoms with Crippen molar-refractivity contribution in [3.8, 4) is 0 Å². The first-order valence-corrected chi connectivity index (χ1v) is 7.40. The van der Waals surface area contributed by atoms with Crippen molar-refractivity contribution in [3.63, 3.8) is 0 Å². The molecule has 2 aromatic rings. The summed E-state index contributed by atoms with van der Waals surface area (Å²) >= 11 is 5.89. The van der Waals surface area contributed by atoms with Crippen molar-refractivity contribution >= 4 is 23.2 Å². The van der Waals surface area contributed by atoms with Crippen LogP contribution in [0.2, 0.25) is 5.02 Å². The van der Waals surface area contributed by atoms with Crippen LogP contribution in [0, 0.1) is 0 Å². The first-order chi connectivity index (χ1) is 10.1. The van der Waals surface area contributed by atoms with E-state index in [0.717, 1.165) is 16.3 Å². The fourth-order valence-corrected chi connectivity index (χ4v) is 2.30. The molecule has 21 heavy (non-hydrogen) atoms. The summed E-state index contributed by atoms with van der Waals surface area (Å²) < 4.78 is 0. The van der Waals surface area contributed by atoms with Crippen molar-refractivity contribution in [2.75, 3.05) is 5.32 Å². The summed E-state index contributed by atoms with van der Waals surface area (Å²) in [5.41, 5.74) is 1.97. The Balaban J connectivity index is 1.92. The highest BCUT2D eigenvalue weighted by Crippen LogP contribution is 2.13. The molecular weight excluding hydrogens is 284 g/mol. The number of quaternary nitrogens is 1. The monoisotopic (exact) mass is 303 g/mol. The standard InChI is InChI=1S/C17H19ClN2O/c1-12(14-8-10-15(18)11-9-14)19-13(2)17(21)20-16-6-4-3-5-7-16/h3-13,19H,1-2H3,(H,20,21)/p+1/t12-,13-/m0/s1. The SMILES string of the molecule is C[C@H]([NH2+][C@@H](C)c1ccc(Cl)cc1)C(=O)Nc1ccccc1. The van der Waals surface area contributed by atoms with Gasteiger partial charge in [0.05, 0.1) is 0 Å². The highest BCUT2D eigenvalue weighted by atomic mass is 35.5. The van der Waals surface area contributed by atoms with Crippen LogP contribution < -0.4 is 10.6 Å². The van der Waals surface area contributed by atoms with Gasteiger partial charge < -0.3 is 10.6 Å². The second kappa shape index (κ2) is 7.25. The predicted octanol–water partition coefficient (Wildman–Crippen LogP) is 2.99. The van der Waals surface area contributed by atoms with E-state index in [1.807, 2.05) is 66.8 Å². The van der Waals surface area contributed by atoms with Crippen molar-refractivity contribution in [2.24, 2.45) is 0 Å². The van der Waals surface area contributed by atoms with E-state index in [0.29, 0.717) is 0 Å². The Morgan fingerprint density at radius 3 is 2.29 bits per heavy atom. The summed E-state index contributed by atoms with van der Waals surface area (Å²) in [5.74, 6) is 0.00186. The summed E-state index contributed by atoms with van der Waals surface area (Å²) in [6, 6.07) is 17.2. The summed E-state index contributed by atoms with van der Waals surface area (Å²) in [7, 11) is 0. The van der Waals surface area contributed by atoms with Gasteiger partial charge in [-0.2, -0.15) is 0 Å². The maximum Gasteiger partial charge on any atom is 0.282 e. The maximum atomic E-state index is 12.2. The van der Waals surface area contributed by atoms with Crippen LogP contribution in [0.15, 0.2) is 54.6 Å². The van der Waals surface area contributed by atoms with Gasteiger partial charge >= 0.3 is 0 Å². The molecule has 0 aliphatic rings. The molecule has 4 heteroatoms. The molecular formula is C17H20ClN2O+. The van der Waals surface area contributed by atoms with E-state index in [1.54, 1.807) is 0 Å². The lowest BCUT2D eigenvalue weighted by Crippen LogP contribution is -2.91. The third-order valence-electron chi connectivity index (χ3n) is 3.43. The molecule has 0 aliphatic carbocycles. The number of nitrogens with two attached hydrogens (primary N) is 1. The number of amides is 1. The molecule has 110 valence electrons. The number of halogens is 1. The van der Waals surface area contributed by atoms with Gasteiger partial charge in [0.1, 0.15) is 6.04 Å². The third kappa shape index (κ3) is 4.59. The molecule has 0 bridgehead atoms. The summed E-state index contributed by atoms with van der Waals surface area (Å²) in [4.78, 5) is 12.2. The summed E-state index contributed by atoms with van der Waals surface area (Å²) in [6.07, 6.45) is 0. The smallest absolute Gasteiger partial charge is 0.282 e. The van der Waals surface area contributed by atoms with Gasteiger partial charge in [-0.15, -0.1) is 0 Å². The topological polar surface area (TPSA) is 45.7 Å². The molecule has 1 amide bonds. The van der Waals surface area contributed by atoms with Crippen molar-refractivity contribution in [3.05, 3.63) is 65.2 Å².